The summed E-state index contributed by atoms with van der Waals surface area (Å²) >= 11 is 1.90. The number of carbonyl (C=O) groups excluding carboxylic acids is 1. The van der Waals surface area contributed by atoms with Gasteiger partial charge in [-0.05, 0) is 13.0 Å². The lowest BCUT2D eigenvalue weighted by atomic mass is 10.2. The highest BCUT2D eigenvalue weighted by atomic mass is 32.2. The molecule has 0 spiro atoms. The fourth-order valence-corrected chi connectivity index (χ4v) is 3.59. The van der Waals surface area contributed by atoms with Crippen LogP contribution in [0.25, 0.3) is 0 Å². The SMILES string of the molecule is O=C(CC1CSCCN1)Nc1ccn(C2CCNC2)n1. The summed E-state index contributed by atoms with van der Waals surface area (Å²) in [6, 6.07) is 2.58. The van der Waals surface area contributed by atoms with Gasteiger partial charge in [-0.25, -0.2) is 0 Å². The molecule has 2 aliphatic rings. The van der Waals surface area contributed by atoms with Crippen molar-refractivity contribution < 1.29 is 4.79 Å². The van der Waals surface area contributed by atoms with Crippen LogP contribution in [0, 0.1) is 0 Å². The minimum absolute atomic E-state index is 0.0415. The third-order valence-electron chi connectivity index (χ3n) is 3.71. The molecule has 0 saturated carbocycles. The first-order valence-corrected chi connectivity index (χ1v) is 8.33. The number of thioether (sulfide) groups is 1. The molecule has 0 aliphatic carbocycles. The van der Waals surface area contributed by atoms with E-state index in [-0.39, 0.29) is 11.9 Å². The minimum Gasteiger partial charge on any atom is -0.315 e. The van der Waals surface area contributed by atoms with E-state index in [0.717, 1.165) is 37.6 Å². The Kier molecular flexibility index (Phi) is 4.59. The number of carbonyl (C=O) groups is 1. The van der Waals surface area contributed by atoms with Crippen LogP contribution >= 0.6 is 11.8 Å². The Labute approximate surface area is 123 Å². The zero-order valence-corrected chi connectivity index (χ0v) is 12.3. The molecule has 2 saturated heterocycles. The minimum atomic E-state index is 0.0415. The molecule has 6 nitrogen and oxygen atoms in total. The van der Waals surface area contributed by atoms with Crippen molar-refractivity contribution in [3.8, 4) is 0 Å². The second-order valence-electron chi connectivity index (χ2n) is 5.31. The Morgan fingerprint density at radius 2 is 2.50 bits per heavy atom. The van der Waals surface area contributed by atoms with Crippen LogP contribution in [-0.4, -0.2) is 52.9 Å². The van der Waals surface area contributed by atoms with Gasteiger partial charge in [-0.2, -0.15) is 16.9 Å². The Bertz CT molecular complexity index is 451. The summed E-state index contributed by atoms with van der Waals surface area (Å²) in [7, 11) is 0. The van der Waals surface area contributed by atoms with Crippen molar-refractivity contribution in [2.75, 3.05) is 36.5 Å². The summed E-state index contributed by atoms with van der Waals surface area (Å²) in [5.41, 5.74) is 0. The lowest BCUT2D eigenvalue weighted by molar-refractivity contribution is -0.116. The molecule has 0 aromatic carbocycles. The number of hydrogen-bond acceptors (Lipinski definition) is 5. The number of nitrogens with zero attached hydrogens (tertiary/aromatic N) is 2. The monoisotopic (exact) mass is 295 g/mol. The zero-order chi connectivity index (χ0) is 13.8. The van der Waals surface area contributed by atoms with Gasteiger partial charge in [-0.15, -0.1) is 0 Å². The number of aromatic nitrogens is 2. The van der Waals surface area contributed by atoms with Gasteiger partial charge in [0.05, 0.1) is 6.04 Å². The average molecular weight is 295 g/mol. The molecule has 3 N–H and O–H groups in total. The molecule has 1 amide bonds. The van der Waals surface area contributed by atoms with Gasteiger partial charge in [0.15, 0.2) is 5.82 Å². The molecule has 2 fully saturated rings. The largest absolute Gasteiger partial charge is 0.315 e. The second kappa shape index (κ2) is 6.60. The summed E-state index contributed by atoms with van der Waals surface area (Å²) in [5.74, 6) is 2.85. The van der Waals surface area contributed by atoms with Crippen LogP contribution in [0.5, 0.6) is 0 Å². The van der Waals surface area contributed by atoms with Crippen LogP contribution in [0.3, 0.4) is 0 Å². The van der Waals surface area contributed by atoms with E-state index in [1.165, 1.54) is 0 Å². The van der Waals surface area contributed by atoms with Crippen molar-refractivity contribution >= 4 is 23.5 Å². The van der Waals surface area contributed by atoms with Gasteiger partial charge in [0.2, 0.25) is 5.91 Å². The van der Waals surface area contributed by atoms with Gasteiger partial charge in [-0.3, -0.25) is 9.48 Å². The van der Waals surface area contributed by atoms with Crippen LogP contribution in [0.4, 0.5) is 5.82 Å². The van der Waals surface area contributed by atoms with E-state index >= 15 is 0 Å². The normalized spacial score (nSPS) is 26.6. The average Bonchev–Trinajstić information content (AvgIpc) is 3.10. The Hall–Kier alpha value is -1.05. The molecule has 7 heteroatoms. The smallest absolute Gasteiger partial charge is 0.227 e. The van der Waals surface area contributed by atoms with Gasteiger partial charge in [0.1, 0.15) is 0 Å². The van der Waals surface area contributed by atoms with Crippen LogP contribution in [0.15, 0.2) is 12.3 Å². The van der Waals surface area contributed by atoms with Crippen molar-refractivity contribution in [3.05, 3.63) is 12.3 Å². The molecule has 20 heavy (non-hydrogen) atoms. The predicted octanol–water partition coefficient (Wildman–Crippen LogP) is 0.451. The van der Waals surface area contributed by atoms with Crippen molar-refractivity contribution in [3.63, 3.8) is 0 Å². The quantitative estimate of drug-likeness (QED) is 0.752. The molecular weight excluding hydrogens is 274 g/mol. The molecule has 110 valence electrons. The Morgan fingerprint density at radius 3 is 3.25 bits per heavy atom. The van der Waals surface area contributed by atoms with Crippen LogP contribution < -0.4 is 16.0 Å². The highest BCUT2D eigenvalue weighted by Crippen LogP contribution is 2.16. The Balaban J connectivity index is 1.50. The molecule has 2 unspecified atom stereocenters. The summed E-state index contributed by atoms with van der Waals surface area (Å²) in [6.45, 7) is 2.99. The van der Waals surface area contributed by atoms with E-state index in [0.29, 0.717) is 18.3 Å². The lowest BCUT2D eigenvalue weighted by Gasteiger charge is -2.22. The van der Waals surface area contributed by atoms with Gasteiger partial charge < -0.3 is 16.0 Å². The third kappa shape index (κ3) is 3.53. The van der Waals surface area contributed by atoms with Crippen molar-refractivity contribution in [1.82, 2.24) is 20.4 Å². The van der Waals surface area contributed by atoms with E-state index in [1.807, 2.05) is 28.7 Å². The maximum Gasteiger partial charge on any atom is 0.227 e. The van der Waals surface area contributed by atoms with Crippen LogP contribution in [0.1, 0.15) is 18.9 Å². The molecule has 2 atom stereocenters. The molecule has 1 aromatic heterocycles. The molecule has 3 rings (SSSR count). The topological polar surface area (TPSA) is 71.0 Å². The van der Waals surface area contributed by atoms with Crippen molar-refractivity contribution in [2.24, 2.45) is 0 Å². The van der Waals surface area contributed by atoms with Gasteiger partial charge in [0.25, 0.3) is 0 Å². The first-order valence-electron chi connectivity index (χ1n) is 7.18. The summed E-state index contributed by atoms with van der Waals surface area (Å²) in [6.07, 6.45) is 3.56. The standard InChI is InChI=1S/C13H21N5OS/c19-13(7-10-9-20-6-4-15-10)16-12-2-5-18(17-12)11-1-3-14-8-11/h2,5,10-11,14-15H,1,3-4,6-9H2,(H,16,17,19). The summed E-state index contributed by atoms with van der Waals surface area (Å²) < 4.78 is 1.95. The number of amides is 1. The third-order valence-corrected chi connectivity index (χ3v) is 4.85. The molecule has 0 radical (unpaired) electrons. The van der Waals surface area contributed by atoms with Crippen molar-refractivity contribution in [1.29, 1.82) is 0 Å². The second-order valence-corrected chi connectivity index (χ2v) is 6.46. The van der Waals surface area contributed by atoms with E-state index in [9.17, 15) is 4.79 Å². The van der Waals surface area contributed by atoms with Gasteiger partial charge in [0, 0.05) is 49.3 Å². The first-order chi connectivity index (χ1) is 9.81. The summed E-state index contributed by atoms with van der Waals surface area (Å²) in [5, 5.41) is 14.0. The number of rotatable bonds is 4. The molecule has 2 aliphatic heterocycles. The van der Waals surface area contributed by atoms with E-state index in [1.54, 1.807) is 0 Å². The van der Waals surface area contributed by atoms with Crippen molar-refractivity contribution in [2.45, 2.75) is 24.9 Å². The van der Waals surface area contributed by atoms with E-state index in [4.69, 9.17) is 0 Å². The van der Waals surface area contributed by atoms with Gasteiger partial charge >= 0.3 is 0 Å². The molecule has 0 bridgehead atoms. The molecule has 1 aromatic rings. The molecular formula is C13H21N5OS. The number of hydrogen-bond donors (Lipinski definition) is 3. The highest BCUT2D eigenvalue weighted by Gasteiger charge is 2.19. The highest BCUT2D eigenvalue weighted by molar-refractivity contribution is 7.99. The first kappa shape index (κ1) is 13.9. The fraction of sp³-hybridized carbons (Fsp3) is 0.692. The number of anilines is 1. The van der Waals surface area contributed by atoms with E-state index < -0.39 is 0 Å². The maximum atomic E-state index is 12.0. The van der Waals surface area contributed by atoms with Crippen LogP contribution in [0.2, 0.25) is 0 Å². The van der Waals surface area contributed by atoms with E-state index in [2.05, 4.69) is 21.0 Å². The Morgan fingerprint density at radius 1 is 1.55 bits per heavy atom. The predicted molar refractivity (Wildman–Crippen MR) is 81.1 cm³/mol. The fourth-order valence-electron chi connectivity index (χ4n) is 2.64. The number of nitrogens with one attached hydrogen (secondary N) is 3. The van der Waals surface area contributed by atoms with Crippen LogP contribution in [-0.2, 0) is 4.79 Å². The van der Waals surface area contributed by atoms with Gasteiger partial charge in [-0.1, -0.05) is 0 Å². The lowest BCUT2D eigenvalue weighted by Crippen LogP contribution is -2.39. The molecule has 3 heterocycles. The maximum absolute atomic E-state index is 12.0. The summed E-state index contributed by atoms with van der Waals surface area (Å²) in [4.78, 5) is 12.0. The zero-order valence-electron chi connectivity index (χ0n) is 11.5.